The first kappa shape index (κ1) is 25.0. The molecule has 6 aromatic carbocycles. The smallest absolute Gasteiger partial charge is 0.162 e. The van der Waals surface area contributed by atoms with E-state index in [-0.39, 0.29) is 5.41 Å². The average molecular weight is 564 g/mol. The molecule has 0 saturated carbocycles. The normalized spacial score (nSPS) is 13.4. The third kappa shape index (κ3) is 3.56. The van der Waals surface area contributed by atoms with E-state index < -0.39 is 0 Å². The maximum absolute atomic E-state index is 5.21. The molecule has 1 aliphatic rings. The number of nitrogens with zero attached hydrogens (tertiary/aromatic N) is 3. The van der Waals surface area contributed by atoms with Gasteiger partial charge in [0.25, 0.3) is 0 Å². The minimum Gasteiger partial charge on any atom is -0.294 e. The summed E-state index contributed by atoms with van der Waals surface area (Å²) in [7, 11) is 0. The molecule has 0 unspecified atom stereocenters. The van der Waals surface area contributed by atoms with Crippen LogP contribution in [0.4, 0.5) is 0 Å². The van der Waals surface area contributed by atoms with Gasteiger partial charge in [0.05, 0.1) is 16.7 Å². The summed E-state index contributed by atoms with van der Waals surface area (Å²) in [5, 5.41) is 5.00. The molecule has 0 N–H and O–H groups in total. The second-order valence-corrected chi connectivity index (χ2v) is 12.3. The second-order valence-electron chi connectivity index (χ2n) is 12.3. The van der Waals surface area contributed by atoms with Gasteiger partial charge < -0.3 is 0 Å². The molecule has 0 saturated heterocycles. The first-order valence-electron chi connectivity index (χ1n) is 15.2. The highest BCUT2D eigenvalue weighted by Gasteiger charge is 2.36. The fraction of sp³-hybridized carbons (Fsp3) is 0.0732. The number of rotatable bonds is 3. The van der Waals surface area contributed by atoms with E-state index in [2.05, 4.69) is 134 Å². The molecule has 0 amide bonds. The van der Waals surface area contributed by atoms with Crippen LogP contribution in [0, 0.1) is 0 Å². The molecular weight excluding hydrogens is 534 g/mol. The van der Waals surface area contributed by atoms with Gasteiger partial charge in [-0.15, -0.1) is 0 Å². The summed E-state index contributed by atoms with van der Waals surface area (Å²) in [5.74, 6) is 1.57. The van der Waals surface area contributed by atoms with Crippen LogP contribution in [-0.4, -0.2) is 14.5 Å². The molecule has 0 spiro atoms. The van der Waals surface area contributed by atoms with Crippen molar-refractivity contribution in [3.8, 4) is 39.6 Å². The summed E-state index contributed by atoms with van der Waals surface area (Å²) in [4.78, 5) is 10.3. The summed E-state index contributed by atoms with van der Waals surface area (Å²) in [6.07, 6.45) is 0. The lowest BCUT2D eigenvalue weighted by atomic mass is 9.80. The van der Waals surface area contributed by atoms with E-state index in [0.717, 1.165) is 33.7 Å². The third-order valence-corrected chi connectivity index (χ3v) is 9.37. The zero-order valence-corrected chi connectivity index (χ0v) is 24.6. The topological polar surface area (TPSA) is 30.7 Å². The standard InChI is InChI=1S/C41H29N3/c1-41(2)34-19-11-9-17-29(34)31-22-21-28-23-37-33(24-32(28)39(31)41)30-18-10-12-20-36(30)44(37)38-25-35(26-13-5-3-6-14-26)42-40(43-38)27-15-7-4-8-16-27/h3-25H,1-2H3. The fourth-order valence-corrected chi connectivity index (χ4v) is 7.35. The monoisotopic (exact) mass is 563 g/mol. The van der Waals surface area contributed by atoms with Crippen LogP contribution in [0.15, 0.2) is 140 Å². The van der Waals surface area contributed by atoms with Crippen molar-refractivity contribution in [3.05, 3.63) is 151 Å². The first-order chi connectivity index (χ1) is 21.6. The van der Waals surface area contributed by atoms with Crippen molar-refractivity contribution in [2.75, 3.05) is 0 Å². The lowest BCUT2D eigenvalue weighted by Gasteiger charge is -2.23. The zero-order chi connectivity index (χ0) is 29.4. The molecule has 3 heteroatoms. The molecule has 2 aromatic heterocycles. The Morgan fingerprint density at radius 1 is 0.523 bits per heavy atom. The molecule has 208 valence electrons. The Hall–Kier alpha value is -5.54. The molecule has 8 aromatic rings. The summed E-state index contributed by atoms with van der Waals surface area (Å²) in [6, 6.07) is 49.7. The van der Waals surface area contributed by atoms with Gasteiger partial charge >= 0.3 is 0 Å². The molecule has 0 bridgehead atoms. The number of aromatic nitrogens is 3. The van der Waals surface area contributed by atoms with E-state index in [9.17, 15) is 0 Å². The predicted molar refractivity (Wildman–Crippen MR) is 182 cm³/mol. The predicted octanol–water partition coefficient (Wildman–Crippen LogP) is 10.4. The number of fused-ring (bicyclic) bond motifs is 8. The highest BCUT2D eigenvalue weighted by atomic mass is 15.1. The largest absolute Gasteiger partial charge is 0.294 e. The Morgan fingerprint density at radius 2 is 1.23 bits per heavy atom. The van der Waals surface area contributed by atoms with Crippen molar-refractivity contribution in [2.24, 2.45) is 0 Å². The summed E-state index contributed by atoms with van der Waals surface area (Å²) in [6.45, 7) is 4.73. The van der Waals surface area contributed by atoms with Crippen LogP contribution in [0.3, 0.4) is 0 Å². The summed E-state index contributed by atoms with van der Waals surface area (Å²) in [5.41, 5.74) is 10.7. The van der Waals surface area contributed by atoms with Crippen molar-refractivity contribution in [2.45, 2.75) is 19.3 Å². The molecule has 44 heavy (non-hydrogen) atoms. The SMILES string of the molecule is CC1(C)c2ccccc2-c2ccc3cc4c(cc3c21)c1ccccc1n4-c1cc(-c2ccccc2)nc(-c2ccccc2)n1. The van der Waals surface area contributed by atoms with E-state index in [1.54, 1.807) is 0 Å². The van der Waals surface area contributed by atoms with E-state index in [1.807, 2.05) is 24.3 Å². The first-order valence-corrected chi connectivity index (χ1v) is 15.2. The Labute approximate surface area is 256 Å². The zero-order valence-electron chi connectivity index (χ0n) is 24.6. The van der Waals surface area contributed by atoms with Crippen molar-refractivity contribution in [1.82, 2.24) is 14.5 Å². The van der Waals surface area contributed by atoms with Gasteiger partial charge in [0, 0.05) is 33.4 Å². The molecule has 2 heterocycles. The molecular formula is C41H29N3. The van der Waals surface area contributed by atoms with Gasteiger partial charge in [0.2, 0.25) is 0 Å². The molecule has 0 atom stereocenters. The highest BCUT2D eigenvalue weighted by Crippen LogP contribution is 2.52. The van der Waals surface area contributed by atoms with Crippen LogP contribution >= 0.6 is 0 Å². The second kappa shape index (κ2) is 9.23. The average Bonchev–Trinajstić information content (AvgIpc) is 3.52. The van der Waals surface area contributed by atoms with Crippen LogP contribution in [0.1, 0.15) is 25.0 Å². The van der Waals surface area contributed by atoms with Gasteiger partial charge in [0.15, 0.2) is 5.82 Å². The van der Waals surface area contributed by atoms with Crippen LogP contribution in [0.5, 0.6) is 0 Å². The maximum Gasteiger partial charge on any atom is 0.162 e. The lowest BCUT2D eigenvalue weighted by molar-refractivity contribution is 0.666. The Balaban J connectivity index is 1.36. The molecule has 0 aliphatic heterocycles. The Bertz CT molecular complexity index is 2340. The van der Waals surface area contributed by atoms with E-state index in [0.29, 0.717) is 5.82 Å². The van der Waals surface area contributed by atoms with Gasteiger partial charge in [-0.05, 0) is 51.2 Å². The highest BCUT2D eigenvalue weighted by molar-refractivity contribution is 6.15. The summed E-state index contributed by atoms with van der Waals surface area (Å²) < 4.78 is 2.32. The molecule has 0 fully saturated rings. The van der Waals surface area contributed by atoms with Gasteiger partial charge in [0.1, 0.15) is 5.82 Å². The number of hydrogen-bond donors (Lipinski definition) is 0. The van der Waals surface area contributed by atoms with Gasteiger partial charge in [-0.25, -0.2) is 9.97 Å². The summed E-state index contributed by atoms with van der Waals surface area (Å²) >= 11 is 0. The minimum atomic E-state index is -0.0840. The molecule has 9 rings (SSSR count). The van der Waals surface area contributed by atoms with Crippen LogP contribution in [-0.2, 0) is 5.41 Å². The van der Waals surface area contributed by atoms with Crippen molar-refractivity contribution in [3.63, 3.8) is 0 Å². The van der Waals surface area contributed by atoms with Gasteiger partial charge in [-0.3, -0.25) is 4.57 Å². The van der Waals surface area contributed by atoms with E-state index in [4.69, 9.17) is 9.97 Å². The van der Waals surface area contributed by atoms with Crippen LogP contribution in [0.25, 0.3) is 72.2 Å². The fourth-order valence-electron chi connectivity index (χ4n) is 7.35. The molecule has 0 radical (unpaired) electrons. The lowest BCUT2D eigenvalue weighted by Crippen LogP contribution is -2.15. The van der Waals surface area contributed by atoms with Gasteiger partial charge in [-0.1, -0.05) is 129 Å². The van der Waals surface area contributed by atoms with Crippen molar-refractivity contribution < 1.29 is 0 Å². The van der Waals surface area contributed by atoms with Crippen LogP contribution in [0.2, 0.25) is 0 Å². The van der Waals surface area contributed by atoms with Crippen molar-refractivity contribution >= 4 is 32.6 Å². The maximum atomic E-state index is 5.21. The number of hydrogen-bond acceptors (Lipinski definition) is 2. The minimum absolute atomic E-state index is 0.0840. The van der Waals surface area contributed by atoms with Gasteiger partial charge in [-0.2, -0.15) is 0 Å². The Kier molecular flexibility index (Phi) is 5.24. The third-order valence-electron chi connectivity index (χ3n) is 9.37. The van der Waals surface area contributed by atoms with Crippen LogP contribution < -0.4 is 0 Å². The molecule has 1 aliphatic carbocycles. The number of para-hydroxylation sites is 1. The quantitative estimate of drug-likeness (QED) is 0.214. The van der Waals surface area contributed by atoms with E-state index >= 15 is 0 Å². The Morgan fingerprint density at radius 3 is 2.05 bits per heavy atom. The molecule has 3 nitrogen and oxygen atoms in total. The number of benzene rings is 6. The van der Waals surface area contributed by atoms with Crippen molar-refractivity contribution in [1.29, 1.82) is 0 Å². The van der Waals surface area contributed by atoms with E-state index in [1.165, 1.54) is 43.8 Å².